The highest BCUT2D eigenvalue weighted by Crippen LogP contribution is 2.24. The molecule has 0 bridgehead atoms. The summed E-state index contributed by atoms with van der Waals surface area (Å²) in [4.78, 5) is 29.4. The molecule has 178 valence electrons. The summed E-state index contributed by atoms with van der Waals surface area (Å²) >= 11 is 0. The average molecular weight is 454 g/mol. The Kier molecular flexibility index (Phi) is 7.97. The van der Waals surface area contributed by atoms with Crippen molar-refractivity contribution >= 4 is 12.0 Å². The van der Waals surface area contributed by atoms with E-state index >= 15 is 0 Å². The van der Waals surface area contributed by atoms with Crippen molar-refractivity contribution in [1.29, 1.82) is 0 Å². The zero-order chi connectivity index (χ0) is 24.0. The molecule has 7 nitrogen and oxygen atoms in total. The van der Waals surface area contributed by atoms with Crippen LogP contribution in [0, 0.1) is 5.41 Å². The number of phenolic OH excluding ortho intramolecular Hbond substituents is 1. The number of rotatable bonds is 6. The summed E-state index contributed by atoms with van der Waals surface area (Å²) in [6, 6.07) is 15.8. The second-order valence-electron chi connectivity index (χ2n) is 9.73. The second-order valence-corrected chi connectivity index (χ2v) is 9.73. The standard InChI is InChI=1S/C26H35N3O4/c1-26(2,3)23(27)24(31)28-15-13-21(14-16-28)29(17-19-9-11-22(30)12-10-19)25(32)33-18-20-7-5-4-6-8-20/h4-12,21,23,30H,13-18,27H2,1-3H3. The van der Waals surface area contributed by atoms with Crippen molar-refractivity contribution in [3.05, 3.63) is 65.7 Å². The van der Waals surface area contributed by atoms with E-state index in [1.54, 1.807) is 34.1 Å². The van der Waals surface area contributed by atoms with E-state index in [1.807, 2.05) is 51.1 Å². The summed E-state index contributed by atoms with van der Waals surface area (Å²) in [7, 11) is 0. The zero-order valence-electron chi connectivity index (χ0n) is 19.7. The van der Waals surface area contributed by atoms with Crippen LogP contribution in [-0.2, 0) is 22.7 Å². The number of ether oxygens (including phenoxy) is 1. The minimum atomic E-state index is -0.557. The van der Waals surface area contributed by atoms with Crippen molar-refractivity contribution < 1.29 is 19.4 Å². The normalized spacial score (nSPS) is 15.7. The van der Waals surface area contributed by atoms with Crippen LogP contribution in [0.15, 0.2) is 54.6 Å². The van der Waals surface area contributed by atoms with E-state index in [2.05, 4.69) is 0 Å². The minimum absolute atomic E-state index is 0.0438. The highest BCUT2D eigenvalue weighted by Gasteiger charge is 2.35. The molecule has 3 rings (SSSR count). The van der Waals surface area contributed by atoms with Crippen LogP contribution in [0.4, 0.5) is 4.79 Å². The Labute approximate surface area is 196 Å². The SMILES string of the molecule is CC(C)(C)C(N)C(=O)N1CCC(N(Cc2ccc(O)cc2)C(=O)OCc2ccccc2)CC1. The molecule has 0 aromatic heterocycles. The summed E-state index contributed by atoms with van der Waals surface area (Å²) < 4.78 is 5.63. The van der Waals surface area contributed by atoms with Gasteiger partial charge in [-0.2, -0.15) is 0 Å². The van der Waals surface area contributed by atoms with Gasteiger partial charge in [-0.25, -0.2) is 4.79 Å². The van der Waals surface area contributed by atoms with E-state index in [-0.39, 0.29) is 35.8 Å². The number of amides is 2. The number of phenols is 1. The molecule has 1 atom stereocenters. The number of likely N-dealkylation sites (tertiary alicyclic amines) is 1. The van der Waals surface area contributed by atoms with Gasteiger partial charge in [0.1, 0.15) is 12.4 Å². The van der Waals surface area contributed by atoms with E-state index in [0.717, 1.165) is 11.1 Å². The van der Waals surface area contributed by atoms with Crippen LogP contribution in [-0.4, -0.2) is 52.1 Å². The zero-order valence-corrected chi connectivity index (χ0v) is 19.7. The molecule has 3 N–H and O–H groups in total. The van der Waals surface area contributed by atoms with Crippen molar-refractivity contribution in [3.63, 3.8) is 0 Å². The fraction of sp³-hybridized carbons (Fsp3) is 0.462. The van der Waals surface area contributed by atoms with Gasteiger partial charge in [0, 0.05) is 25.7 Å². The first kappa shape index (κ1) is 24.6. The molecule has 7 heteroatoms. The summed E-state index contributed by atoms with van der Waals surface area (Å²) in [5.41, 5.74) is 7.70. The van der Waals surface area contributed by atoms with Gasteiger partial charge in [-0.1, -0.05) is 63.2 Å². The van der Waals surface area contributed by atoms with Crippen LogP contribution >= 0.6 is 0 Å². The summed E-state index contributed by atoms with van der Waals surface area (Å²) in [6.45, 7) is 7.55. The van der Waals surface area contributed by atoms with E-state index in [9.17, 15) is 14.7 Å². The molecule has 0 spiro atoms. The van der Waals surface area contributed by atoms with Crippen molar-refractivity contribution in [2.24, 2.45) is 11.1 Å². The first-order valence-corrected chi connectivity index (χ1v) is 11.4. The maximum Gasteiger partial charge on any atom is 0.410 e. The highest BCUT2D eigenvalue weighted by atomic mass is 16.6. The molecule has 1 unspecified atom stereocenters. The molecular weight excluding hydrogens is 418 g/mol. The van der Waals surface area contributed by atoms with Crippen molar-refractivity contribution in [3.8, 4) is 5.75 Å². The summed E-state index contributed by atoms with van der Waals surface area (Å²) in [5.74, 6) is 0.136. The molecule has 0 saturated carbocycles. The van der Waals surface area contributed by atoms with Crippen molar-refractivity contribution in [2.75, 3.05) is 13.1 Å². The van der Waals surface area contributed by atoms with E-state index in [0.29, 0.717) is 32.5 Å². The lowest BCUT2D eigenvalue weighted by atomic mass is 9.86. The Morgan fingerprint density at radius 3 is 2.24 bits per heavy atom. The second kappa shape index (κ2) is 10.7. The minimum Gasteiger partial charge on any atom is -0.508 e. The van der Waals surface area contributed by atoms with Gasteiger partial charge >= 0.3 is 6.09 Å². The maximum atomic E-state index is 13.1. The number of hydrogen-bond acceptors (Lipinski definition) is 5. The van der Waals surface area contributed by atoms with E-state index in [4.69, 9.17) is 10.5 Å². The Morgan fingerprint density at radius 1 is 1.06 bits per heavy atom. The lowest BCUT2D eigenvalue weighted by Crippen LogP contribution is -2.54. The monoisotopic (exact) mass is 453 g/mol. The number of hydrogen-bond donors (Lipinski definition) is 2. The van der Waals surface area contributed by atoms with Gasteiger partial charge in [-0.05, 0) is 41.5 Å². The average Bonchev–Trinajstić information content (AvgIpc) is 2.81. The number of carbonyl (C=O) groups excluding carboxylic acids is 2. The Hall–Kier alpha value is -3.06. The van der Waals surface area contributed by atoms with Gasteiger partial charge in [0.2, 0.25) is 5.91 Å². The first-order valence-electron chi connectivity index (χ1n) is 11.4. The fourth-order valence-electron chi connectivity index (χ4n) is 3.91. The van der Waals surface area contributed by atoms with Crippen LogP contribution in [0.1, 0.15) is 44.7 Å². The smallest absolute Gasteiger partial charge is 0.410 e. The number of benzene rings is 2. The fourth-order valence-corrected chi connectivity index (χ4v) is 3.91. The van der Waals surface area contributed by atoms with Gasteiger partial charge in [-0.15, -0.1) is 0 Å². The van der Waals surface area contributed by atoms with Crippen LogP contribution in [0.2, 0.25) is 0 Å². The number of aromatic hydroxyl groups is 1. The third kappa shape index (κ3) is 6.71. The Bertz CT molecular complexity index is 917. The van der Waals surface area contributed by atoms with Crippen LogP contribution in [0.25, 0.3) is 0 Å². The van der Waals surface area contributed by atoms with E-state index in [1.165, 1.54) is 0 Å². The molecule has 0 radical (unpaired) electrons. The maximum absolute atomic E-state index is 13.1. The lowest BCUT2D eigenvalue weighted by molar-refractivity contribution is -0.136. The molecule has 1 fully saturated rings. The Morgan fingerprint density at radius 2 is 1.67 bits per heavy atom. The highest BCUT2D eigenvalue weighted by molar-refractivity contribution is 5.82. The molecule has 0 aliphatic carbocycles. The molecular formula is C26H35N3O4. The van der Waals surface area contributed by atoms with Crippen molar-refractivity contribution in [2.45, 2.75) is 58.8 Å². The predicted octanol–water partition coefficient (Wildman–Crippen LogP) is 3.90. The molecule has 1 saturated heterocycles. The van der Waals surface area contributed by atoms with Gasteiger partial charge in [0.05, 0.1) is 6.04 Å². The molecule has 2 amide bonds. The van der Waals surface area contributed by atoms with Gasteiger partial charge in [0.15, 0.2) is 0 Å². The van der Waals surface area contributed by atoms with Gasteiger partial charge in [-0.3, -0.25) is 4.79 Å². The number of nitrogens with zero attached hydrogens (tertiary/aromatic N) is 2. The number of carbonyl (C=O) groups is 2. The molecule has 1 heterocycles. The van der Waals surface area contributed by atoms with Crippen molar-refractivity contribution in [1.82, 2.24) is 9.80 Å². The molecule has 2 aromatic carbocycles. The number of piperidine rings is 1. The van der Waals surface area contributed by atoms with E-state index < -0.39 is 6.04 Å². The quantitative estimate of drug-likeness (QED) is 0.692. The lowest BCUT2D eigenvalue weighted by Gasteiger charge is -2.40. The third-order valence-electron chi connectivity index (χ3n) is 6.14. The summed E-state index contributed by atoms with van der Waals surface area (Å²) in [6.07, 6.45) is 0.922. The molecule has 2 aromatic rings. The van der Waals surface area contributed by atoms with Crippen LogP contribution in [0.3, 0.4) is 0 Å². The topological polar surface area (TPSA) is 96.1 Å². The number of nitrogens with two attached hydrogens (primary N) is 1. The largest absolute Gasteiger partial charge is 0.508 e. The molecule has 1 aliphatic rings. The molecule has 33 heavy (non-hydrogen) atoms. The first-order chi connectivity index (χ1) is 15.6. The molecule has 1 aliphatic heterocycles. The third-order valence-corrected chi connectivity index (χ3v) is 6.14. The van der Waals surface area contributed by atoms with Crippen LogP contribution in [0.5, 0.6) is 5.75 Å². The predicted molar refractivity (Wildman–Crippen MR) is 127 cm³/mol. The summed E-state index contributed by atoms with van der Waals surface area (Å²) in [5, 5.41) is 9.59. The van der Waals surface area contributed by atoms with Crippen LogP contribution < -0.4 is 5.73 Å². The van der Waals surface area contributed by atoms with Gasteiger partial charge < -0.3 is 25.4 Å². The Balaban J connectivity index is 1.68. The van der Waals surface area contributed by atoms with Gasteiger partial charge in [0.25, 0.3) is 0 Å².